The smallest absolute Gasteiger partial charge is 0.258 e. The van der Waals surface area contributed by atoms with Crippen LogP contribution in [0.4, 0.5) is 4.39 Å². The molecule has 1 aromatic heterocycles. The fourth-order valence-corrected chi connectivity index (χ4v) is 4.94. The third kappa shape index (κ3) is 4.31. The van der Waals surface area contributed by atoms with Crippen molar-refractivity contribution in [3.05, 3.63) is 46.5 Å². The van der Waals surface area contributed by atoms with E-state index >= 15 is 0 Å². The summed E-state index contributed by atoms with van der Waals surface area (Å²) in [6.45, 7) is 1.49. The van der Waals surface area contributed by atoms with Crippen LogP contribution in [0.25, 0.3) is 0 Å². The molecule has 3 fully saturated rings. The molecule has 1 heterocycles. The summed E-state index contributed by atoms with van der Waals surface area (Å²) in [5.41, 5.74) is -0.157. The molecule has 3 aliphatic rings. The van der Waals surface area contributed by atoms with Crippen molar-refractivity contribution in [2.24, 2.45) is 7.05 Å². The van der Waals surface area contributed by atoms with Crippen molar-refractivity contribution in [3.8, 4) is 5.75 Å². The van der Waals surface area contributed by atoms with Gasteiger partial charge in [0.25, 0.3) is 11.8 Å². The Bertz CT molecular complexity index is 1050. The third-order valence-corrected chi connectivity index (χ3v) is 6.91. The van der Waals surface area contributed by atoms with E-state index in [0.717, 1.165) is 6.07 Å². The van der Waals surface area contributed by atoms with E-state index in [4.69, 9.17) is 16.3 Å². The fraction of sp³-hybridized carbons (Fsp3) is 0.500. The van der Waals surface area contributed by atoms with E-state index in [1.54, 1.807) is 24.9 Å². The number of aromatic nitrogens is 2. The van der Waals surface area contributed by atoms with Crippen LogP contribution in [-0.2, 0) is 11.8 Å². The molecule has 2 amide bonds. The predicted octanol–water partition coefficient (Wildman–Crippen LogP) is 2.26. The van der Waals surface area contributed by atoms with Gasteiger partial charge in [0.2, 0.25) is 0 Å². The number of nitrogens with zero attached hydrogens (tertiary/aromatic N) is 2. The van der Waals surface area contributed by atoms with E-state index in [1.165, 1.54) is 12.1 Å². The molecule has 0 radical (unpaired) electrons. The Kier molecular flexibility index (Phi) is 5.89. The highest BCUT2D eigenvalue weighted by Crippen LogP contribution is 2.47. The summed E-state index contributed by atoms with van der Waals surface area (Å²) in [5, 5.41) is 21.1. The van der Waals surface area contributed by atoms with Gasteiger partial charge in [-0.25, -0.2) is 4.39 Å². The van der Waals surface area contributed by atoms with Gasteiger partial charge in [0, 0.05) is 24.8 Å². The Hall–Kier alpha value is -2.65. The number of aliphatic hydroxyl groups is 1. The Labute approximate surface area is 190 Å². The summed E-state index contributed by atoms with van der Waals surface area (Å²) in [7, 11) is 1.75. The average Bonchev–Trinajstić information content (AvgIpc) is 3.08. The molecule has 172 valence electrons. The van der Waals surface area contributed by atoms with Crippen LogP contribution >= 0.6 is 11.6 Å². The molecule has 3 N–H and O–H groups in total. The van der Waals surface area contributed by atoms with Crippen LogP contribution in [-0.4, -0.2) is 50.5 Å². The number of amides is 2. The lowest BCUT2D eigenvalue weighted by Crippen LogP contribution is -2.70. The predicted molar refractivity (Wildman–Crippen MR) is 115 cm³/mol. The van der Waals surface area contributed by atoms with Crippen LogP contribution in [0.3, 0.4) is 0 Å². The van der Waals surface area contributed by atoms with Gasteiger partial charge in [-0.1, -0.05) is 11.6 Å². The quantitative estimate of drug-likeness (QED) is 0.608. The highest BCUT2D eigenvalue weighted by Gasteiger charge is 2.55. The second kappa shape index (κ2) is 8.37. The molecule has 0 saturated heterocycles. The van der Waals surface area contributed by atoms with Crippen LogP contribution < -0.4 is 15.4 Å². The van der Waals surface area contributed by atoms with Crippen molar-refractivity contribution in [3.63, 3.8) is 0 Å². The normalized spacial score (nSPS) is 26.6. The minimum absolute atomic E-state index is 0.0200. The number of benzene rings is 1. The van der Waals surface area contributed by atoms with E-state index in [2.05, 4.69) is 15.7 Å². The number of carbonyl (C=O) groups is 2. The molecule has 3 aliphatic carbocycles. The first-order chi connectivity index (χ1) is 15.1. The van der Waals surface area contributed by atoms with Crippen LogP contribution in [0.15, 0.2) is 24.4 Å². The fourth-order valence-electron chi connectivity index (χ4n) is 4.83. The topological polar surface area (TPSA) is 105 Å². The zero-order valence-electron chi connectivity index (χ0n) is 18.0. The van der Waals surface area contributed by atoms with Crippen molar-refractivity contribution in [2.45, 2.75) is 56.2 Å². The number of aliphatic hydroxyl groups excluding tert-OH is 1. The SMILES string of the molecule is Cc1nn(C)cc1C(=O)NC12CCC(NC(=O)COc3ccc(Cl)c(F)c3)(CC1)C[C@@H]2O. The molecule has 2 bridgehead atoms. The highest BCUT2D eigenvalue weighted by atomic mass is 35.5. The van der Waals surface area contributed by atoms with E-state index in [9.17, 15) is 19.1 Å². The van der Waals surface area contributed by atoms with Crippen LogP contribution in [0, 0.1) is 12.7 Å². The number of aryl methyl sites for hydroxylation is 2. The molecule has 3 saturated carbocycles. The van der Waals surface area contributed by atoms with Gasteiger partial charge >= 0.3 is 0 Å². The lowest BCUT2D eigenvalue weighted by Gasteiger charge is -2.56. The molecule has 5 rings (SSSR count). The maximum atomic E-state index is 13.5. The van der Waals surface area contributed by atoms with Crippen LogP contribution in [0.1, 0.15) is 48.2 Å². The maximum absolute atomic E-state index is 13.5. The number of ether oxygens (including phenoxy) is 1. The zero-order valence-corrected chi connectivity index (χ0v) is 18.7. The lowest BCUT2D eigenvalue weighted by atomic mass is 9.60. The summed E-state index contributed by atoms with van der Waals surface area (Å²) in [4.78, 5) is 25.3. The number of rotatable bonds is 6. The minimum Gasteiger partial charge on any atom is -0.484 e. The van der Waals surface area contributed by atoms with Gasteiger partial charge < -0.3 is 20.5 Å². The Morgan fingerprint density at radius 3 is 2.62 bits per heavy atom. The number of carbonyl (C=O) groups excluding carboxylic acids is 2. The Balaban J connectivity index is 1.35. The molecular weight excluding hydrogens is 439 g/mol. The number of fused-ring (bicyclic) bond motifs is 3. The maximum Gasteiger partial charge on any atom is 0.258 e. The van der Waals surface area contributed by atoms with Crippen LogP contribution in [0.5, 0.6) is 5.75 Å². The lowest BCUT2D eigenvalue weighted by molar-refractivity contribution is -0.129. The van der Waals surface area contributed by atoms with Gasteiger partial charge in [-0.05, 0) is 51.2 Å². The van der Waals surface area contributed by atoms with E-state index < -0.39 is 23.0 Å². The molecule has 0 unspecified atom stereocenters. The summed E-state index contributed by atoms with van der Waals surface area (Å²) < 4.78 is 20.5. The molecule has 2 aromatic rings. The Morgan fingerprint density at radius 1 is 1.31 bits per heavy atom. The molecule has 1 atom stereocenters. The molecule has 8 nitrogen and oxygen atoms in total. The standard InChI is InChI=1S/C22H26ClFN4O4/c1-13-15(11-28(2)27-13)20(31)26-22-7-5-21(6-8-22,10-18(22)29)25-19(30)12-32-14-3-4-16(23)17(24)9-14/h3-4,9,11,18,29H,5-8,10,12H2,1-2H3,(H,25,30)(H,26,31)/t18-,21?,22?/m0/s1. The summed E-state index contributed by atoms with van der Waals surface area (Å²) in [6.07, 6.45) is 3.54. The molecule has 32 heavy (non-hydrogen) atoms. The molecule has 0 aliphatic heterocycles. The molecular formula is C22H26ClFN4O4. The summed E-state index contributed by atoms with van der Waals surface area (Å²) in [5.74, 6) is -1.02. The van der Waals surface area contributed by atoms with Crippen molar-refractivity contribution < 1.29 is 23.8 Å². The number of hydrogen-bond acceptors (Lipinski definition) is 5. The third-order valence-electron chi connectivity index (χ3n) is 6.61. The van der Waals surface area contributed by atoms with Crippen molar-refractivity contribution in [1.82, 2.24) is 20.4 Å². The number of nitrogens with one attached hydrogen (secondary N) is 2. The molecule has 0 spiro atoms. The van der Waals surface area contributed by atoms with Crippen molar-refractivity contribution >= 4 is 23.4 Å². The number of halogens is 2. The van der Waals surface area contributed by atoms with Gasteiger partial charge in [0.1, 0.15) is 11.6 Å². The van der Waals surface area contributed by atoms with E-state index in [0.29, 0.717) is 43.4 Å². The first-order valence-corrected chi connectivity index (χ1v) is 10.9. The monoisotopic (exact) mass is 464 g/mol. The molecule has 10 heteroatoms. The zero-order chi connectivity index (χ0) is 23.1. The van der Waals surface area contributed by atoms with Crippen molar-refractivity contribution in [2.75, 3.05) is 6.61 Å². The second-order valence-electron chi connectivity index (χ2n) is 8.83. The van der Waals surface area contributed by atoms with E-state index in [1.807, 2.05) is 0 Å². The van der Waals surface area contributed by atoms with Gasteiger partial charge in [-0.3, -0.25) is 14.3 Å². The summed E-state index contributed by atoms with van der Waals surface area (Å²) >= 11 is 5.65. The first-order valence-electron chi connectivity index (χ1n) is 10.5. The highest BCUT2D eigenvalue weighted by molar-refractivity contribution is 6.30. The average molecular weight is 465 g/mol. The molecule has 1 aromatic carbocycles. The number of hydrogen-bond donors (Lipinski definition) is 3. The first kappa shape index (κ1) is 22.5. The van der Waals surface area contributed by atoms with Crippen LogP contribution in [0.2, 0.25) is 5.02 Å². The van der Waals surface area contributed by atoms with Crippen molar-refractivity contribution in [1.29, 1.82) is 0 Å². The van der Waals surface area contributed by atoms with Gasteiger partial charge in [0.05, 0.1) is 27.9 Å². The van der Waals surface area contributed by atoms with E-state index in [-0.39, 0.29) is 29.2 Å². The van der Waals surface area contributed by atoms with Gasteiger partial charge in [-0.2, -0.15) is 5.10 Å². The minimum atomic E-state index is -0.794. The summed E-state index contributed by atoms with van der Waals surface area (Å²) in [6, 6.07) is 3.98. The van der Waals surface area contributed by atoms with Gasteiger partial charge in [-0.15, -0.1) is 0 Å². The van der Waals surface area contributed by atoms with Gasteiger partial charge in [0.15, 0.2) is 6.61 Å². The Morgan fingerprint density at radius 2 is 2.03 bits per heavy atom. The second-order valence-corrected chi connectivity index (χ2v) is 9.23. The largest absolute Gasteiger partial charge is 0.484 e.